The summed E-state index contributed by atoms with van der Waals surface area (Å²) in [5.41, 5.74) is 5.14. The highest BCUT2D eigenvalue weighted by Gasteiger charge is 2.46. The summed E-state index contributed by atoms with van der Waals surface area (Å²) in [5, 5.41) is 7.28. The van der Waals surface area contributed by atoms with E-state index in [2.05, 4.69) is 28.2 Å². The Labute approximate surface area is 150 Å². The monoisotopic (exact) mass is 349 g/mol. The van der Waals surface area contributed by atoms with Crippen LogP contribution in [-0.2, 0) is 18.2 Å². The van der Waals surface area contributed by atoms with Crippen LogP contribution in [0.15, 0.2) is 36.5 Å². The van der Waals surface area contributed by atoms with Gasteiger partial charge in [0.15, 0.2) is 5.82 Å². The number of anilines is 1. The largest absolute Gasteiger partial charge is 0.444 e. The number of aromatic nitrogens is 4. The maximum Gasteiger partial charge on any atom is 0.415 e. The van der Waals surface area contributed by atoms with Crippen LogP contribution in [0.1, 0.15) is 18.9 Å². The third-order valence-corrected chi connectivity index (χ3v) is 5.24. The van der Waals surface area contributed by atoms with Gasteiger partial charge in [0.1, 0.15) is 11.8 Å². The van der Waals surface area contributed by atoms with E-state index in [9.17, 15) is 4.79 Å². The maximum atomic E-state index is 12.2. The van der Waals surface area contributed by atoms with Gasteiger partial charge in [0, 0.05) is 18.8 Å². The van der Waals surface area contributed by atoms with Crippen LogP contribution < -0.4 is 4.90 Å². The highest BCUT2D eigenvalue weighted by molar-refractivity contribution is 5.94. The van der Waals surface area contributed by atoms with Crippen LogP contribution in [0.3, 0.4) is 0 Å². The number of rotatable bonds is 3. The summed E-state index contributed by atoms with van der Waals surface area (Å²) in [7, 11) is 1.84. The van der Waals surface area contributed by atoms with Crippen molar-refractivity contribution in [2.45, 2.75) is 31.9 Å². The molecule has 0 saturated carbocycles. The molecule has 7 nitrogen and oxygen atoms in total. The zero-order chi connectivity index (χ0) is 17.8. The second-order valence-electron chi connectivity index (χ2n) is 6.83. The summed E-state index contributed by atoms with van der Waals surface area (Å²) in [5.74, 6) is 0.776. The van der Waals surface area contributed by atoms with Crippen LogP contribution >= 0.6 is 0 Å². The van der Waals surface area contributed by atoms with Gasteiger partial charge in [-0.05, 0) is 42.2 Å². The van der Waals surface area contributed by atoms with Gasteiger partial charge in [-0.1, -0.05) is 19.1 Å². The zero-order valence-corrected chi connectivity index (χ0v) is 14.6. The third-order valence-electron chi connectivity index (χ3n) is 5.24. The number of hydrogen-bond donors (Lipinski definition) is 1. The highest BCUT2D eigenvalue weighted by atomic mass is 16.6. The van der Waals surface area contributed by atoms with Crippen molar-refractivity contribution in [3.8, 4) is 22.6 Å². The lowest BCUT2D eigenvalue weighted by molar-refractivity contribution is 0.129. The number of benzene rings is 1. The first-order valence-electron chi connectivity index (χ1n) is 8.82. The fraction of sp³-hybridized carbons (Fsp3) is 0.316. The number of nitrogens with zero attached hydrogens (tertiary/aromatic N) is 4. The van der Waals surface area contributed by atoms with Crippen molar-refractivity contribution in [1.82, 2.24) is 20.0 Å². The van der Waals surface area contributed by atoms with Crippen molar-refractivity contribution in [3.63, 3.8) is 0 Å². The highest BCUT2D eigenvalue weighted by Crippen LogP contribution is 2.41. The number of aromatic amines is 1. The average molecular weight is 349 g/mol. The van der Waals surface area contributed by atoms with E-state index in [0.717, 1.165) is 41.2 Å². The molecule has 2 aromatic heterocycles. The average Bonchev–Trinajstić information content (AvgIpc) is 3.16. The van der Waals surface area contributed by atoms with Gasteiger partial charge in [-0.25, -0.2) is 9.59 Å². The summed E-state index contributed by atoms with van der Waals surface area (Å²) < 4.78 is 5.46. The Bertz CT molecular complexity index is 976. The molecule has 1 N–H and O–H groups in total. The molecular formula is C19H19N5O2. The molecule has 0 radical (unpaired) electrons. The Kier molecular flexibility index (Phi) is 3.19. The van der Waals surface area contributed by atoms with Gasteiger partial charge in [-0.15, -0.1) is 5.10 Å². The van der Waals surface area contributed by atoms with Gasteiger partial charge in [-0.3, -0.25) is 15.0 Å². The molecule has 1 fully saturated rings. The second kappa shape index (κ2) is 5.45. The first-order chi connectivity index (χ1) is 12.6. The SMILES string of the molecule is CCC1OC(=O)N2c3ccc(-c4ccc(-c5nn(C)[nH]5)nc4)cc3CC12. The van der Waals surface area contributed by atoms with Crippen LogP contribution in [0.25, 0.3) is 22.6 Å². The number of hydrogen-bond acceptors (Lipinski definition) is 4. The third kappa shape index (κ3) is 2.16. The van der Waals surface area contributed by atoms with Crippen molar-refractivity contribution >= 4 is 11.8 Å². The molecule has 2 unspecified atom stereocenters. The van der Waals surface area contributed by atoms with E-state index < -0.39 is 0 Å². The fourth-order valence-corrected chi connectivity index (χ4v) is 3.93. The molecule has 2 aliphatic heterocycles. The lowest BCUT2D eigenvalue weighted by Gasteiger charge is -2.15. The van der Waals surface area contributed by atoms with Gasteiger partial charge in [0.05, 0.1) is 11.7 Å². The Morgan fingerprint density at radius 1 is 1.27 bits per heavy atom. The van der Waals surface area contributed by atoms with Gasteiger partial charge >= 0.3 is 6.09 Å². The Morgan fingerprint density at radius 3 is 2.77 bits per heavy atom. The fourth-order valence-electron chi connectivity index (χ4n) is 3.93. The van der Waals surface area contributed by atoms with Gasteiger partial charge in [0.25, 0.3) is 0 Å². The van der Waals surface area contributed by atoms with Crippen molar-refractivity contribution < 1.29 is 9.53 Å². The van der Waals surface area contributed by atoms with E-state index in [1.165, 1.54) is 5.56 Å². The van der Waals surface area contributed by atoms with Crippen molar-refractivity contribution in [3.05, 3.63) is 42.1 Å². The van der Waals surface area contributed by atoms with Crippen molar-refractivity contribution in [2.24, 2.45) is 7.05 Å². The summed E-state index contributed by atoms with van der Waals surface area (Å²) in [4.78, 5) is 20.1. The number of H-pyrrole nitrogens is 1. The van der Waals surface area contributed by atoms with Gasteiger partial charge < -0.3 is 4.74 Å². The molecule has 26 heavy (non-hydrogen) atoms. The van der Waals surface area contributed by atoms with E-state index >= 15 is 0 Å². The quantitative estimate of drug-likeness (QED) is 0.788. The smallest absolute Gasteiger partial charge is 0.415 e. The maximum absolute atomic E-state index is 12.2. The molecule has 0 bridgehead atoms. The van der Waals surface area contributed by atoms with Crippen LogP contribution in [0.4, 0.5) is 10.5 Å². The summed E-state index contributed by atoms with van der Waals surface area (Å²) in [6, 6.07) is 10.4. The molecule has 7 heteroatoms. The topological polar surface area (TPSA) is 76.0 Å². The normalized spacial score (nSPS) is 21.0. The standard InChI is InChI=1S/C19H19N5O2/c1-3-17-16-9-13-8-11(5-7-15(13)24(16)19(25)26-17)12-4-6-14(20-10-12)18-21-23(2)22-18/h4-8,10,16-17H,3,9H2,1-2H3,(H,21,22). The predicted molar refractivity (Wildman–Crippen MR) is 96.8 cm³/mol. The number of carbonyl (C=O) groups is 1. The second-order valence-corrected chi connectivity index (χ2v) is 6.83. The van der Waals surface area contributed by atoms with Gasteiger partial charge in [0.2, 0.25) is 0 Å². The van der Waals surface area contributed by atoms with Crippen LogP contribution in [-0.4, -0.2) is 38.2 Å². The molecule has 132 valence electrons. The number of fused-ring (bicyclic) bond motifs is 3. The molecule has 5 rings (SSSR count). The van der Waals surface area contributed by atoms with Gasteiger partial charge in [-0.2, -0.15) is 0 Å². The summed E-state index contributed by atoms with van der Waals surface area (Å²) in [6.07, 6.45) is 3.29. The molecule has 3 aromatic rings. The minimum absolute atomic E-state index is 0.0202. The predicted octanol–water partition coefficient (Wildman–Crippen LogP) is 3.14. The lowest BCUT2D eigenvalue weighted by atomic mass is 10.00. The molecule has 0 aliphatic carbocycles. The molecular weight excluding hydrogens is 330 g/mol. The number of carbonyl (C=O) groups excluding carboxylic acids is 1. The first-order valence-corrected chi connectivity index (χ1v) is 8.82. The Balaban J connectivity index is 1.45. The number of cyclic esters (lactones) is 1. The molecule has 0 spiro atoms. The molecule has 1 amide bonds. The number of aryl methyl sites for hydroxylation is 1. The molecule has 4 heterocycles. The number of ether oxygens (including phenoxy) is 1. The van der Waals surface area contributed by atoms with E-state index in [0.29, 0.717) is 0 Å². The van der Waals surface area contributed by atoms with E-state index in [4.69, 9.17) is 4.74 Å². The molecule has 2 atom stereocenters. The van der Waals surface area contributed by atoms with E-state index in [1.54, 1.807) is 4.80 Å². The summed E-state index contributed by atoms with van der Waals surface area (Å²) >= 11 is 0. The number of pyridine rings is 1. The minimum atomic E-state index is -0.224. The van der Waals surface area contributed by atoms with Crippen LogP contribution in [0, 0.1) is 0 Å². The minimum Gasteiger partial charge on any atom is -0.444 e. The lowest BCUT2D eigenvalue weighted by Crippen LogP contribution is -2.32. The number of amides is 1. The van der Waals surface area contributed by atoms with Crippen LogP contribution in [0.2, 0.25) is 0 Å². The first kappa shape index (κ1) is 15.2. The summed E-state index contributed by atoms with van der Waals surface area (Å²) in [6.45, 7) is 2.06. The number of nitrogens with one attached hydrogen (secondary N) is 1. The van der Waals surface area contributed by atoms with Crippen molar-refractivity contribution in [1.29, 1.82) is 0 Å². The Hall–Kier alpha value is -3.09. The Morgan fingerprint density at radius 2 is 2.08 bits per heavy atom. The van der Waals surface area contributed by atoms with E-state index in [1.807, 2.05) is 42.4 Å². The molecule has 2 aliphatic rings. The molecule has 1 aromatic carbocycles. The van der Waals surface area contributed by atoms with Crippen molar-refractivity contribution in [2.75, 3.05) is 4.90 Å². The van der Waals surface area contributed by atoms with Crippen LogP contribution in [0.5, 0.6) is 0 Å². The molecule has 1 saturated heterocycles. The van der Waals surface area contributed by atoms with E-state index in [-0.39, 0.29) is 18.2 Å². The zero-order valence-electron chi connectivity index (χ0n) is 14.6.